The largest absolute Gasteiger partial charge is 0.264 e. The Hall–Kier alpha value is -1.43. The molecule has 0 aromatic carbocycles. The molecule has 0 aliphatic rings. The Kier molecular flexibility index (Phi) is 3.03. The predicted octanol–water partition coefficient (Wildman–Crippen LogP) is 3.70. The molecule has 3 aromatic rings. The lowest BCUT2D eigenvalue weighted by Gasteiger charge is -1.94. The smallest absolute Gasteiger partial charge is 0.166 e. The van der Waals surface area contributed by atoms with Crippen molar-refractivity contribution in [1.82, 2.24) is 19.7 Å². The Morgan fingerprint density at radius 1 is 1.22 bits per heavy atom. The highest BCUT2D eigenvalue weighted by atomic mass is 35.5. The molecule has 0 saturated heterocycles. The van der Waals surface area contributed by atoms with E-state index in [1.165, 1.54) is 11.3 Å². The fourth-order valence-electron chi connectivity index (χ4n) is 1.46. The summed E-state index contributed by atoms with van der Waals surface area (Å²) in [5, 5.41) is 6.61. The van der Waals surface area contributed by atoms with Gasteiger partial charge in [-0.1, -0.05) is 34.5 Å². The maximum Gasteiger partial charge on any atom is 0.166 e. The molecule has 3 heterocycles. The van der Waals surface area contributed by atoms with Crippen molar-refractivity contribution in [1.29, 1.82) is 0 Å². The van der Waals surface area contributed by atoms with Crippen LogP contribution in [0, 0.1) is 0 Å². The lowest BCUT2D eigenvalue weighted by molar-refractivity contribution is 0.895. The average Bonchev–Trinajstić information content (AvgIpc) is 2.97. The number of thiazole rings is 1. The van der Waals surface area contributed by atoms with Crippen molar-refractivity contribution in [2.75, 3.05) is 0 Å². The number of halogens is 2. The van der Waals surface area contributed by atoms with Gasteiger partial charge in [0.15, 0.2) is 10.2 Å². The van der Waals surface area contributed by atoms with Crippen LogP contribution in [-0.2, 0) is 0 Å². The second kappa shape index (κ2) is 4.68. The maximum absolute atomic E-state index is 6.11. The fourth-order valence-corrected chi connectivity index (χ4v) is 2.81. The van der Waals surface area contributed by atoms with Crippen molar-refractivity contribution in [3.63, 3.8) is 0 Å². The molecule has 18 heavy (non-hydrogen) atoms. The van der Waals surface area contributed by atoms with E-state index in [1.807, 2.05) is 12.1 Å². The summed E-state index contributed by atoms with van der Waals surface area (Å²) in [5.74, 6) is 0. The Labute approximate surface area is 117 Å². The minimum Gasteiger partial charge on any atom is -0.264 e. The Morgan fingerprint density at radius 3 is 2.78 bits per heavy atom. The minimum absolute atomic E-state index is 0.401. The number of pyridine rings is 1. The summed E-state index contributed by atoms with van der Waals surface area (Å²) >= 11 is 13.4. The van der Waals surface area contributed by atoms with Gasteiger partial charge in [-0.3, -0.25) is 4.98 Å². The molecule has 0 amide bonds. The molecule has 0 fully saturated rings. The third-order valence-electron chi connectivity index (χ3n) is 2.24. The van der Waals surface area contributed by atoms with E-state index in [0.717, 1.165) is 15.6 Å². The van der Waals surface area contributed by atoms with E-state index in [0.29, 0.717) is 10.2 Å². The van der Waals surface area contributed by atoms with Gasteiger partial charge < -0.3 is 0 Å². The molecule has 0 unspecified atom stereocenters. The fraction of sp³-hybridized carbons (Fsp3) is 0. The summed E-state index contributed by atoms with van der Waals surface area (Å²) < 4.78 is 1.61. The van der Waals surface area contributed by atoms with E-state index in [2.05, 4.69) is 15.1 Å². The highest BCUT2D eigenvalue weighted by Gasteiger charge is 2.13. The van der Waals surface area contributed by atoms with Crippen molar-refractivity contribution in [3.05, 3.63) is 47.1 Å². The van der Waals surface area contributed by atoms with Crippen molar-refractivity contribution in [2.45, 2.75) is 0 Å². The van der Waals surface area contributed by atoms with E-state index in [4.69, 9.17) is 23.2 Å². The predicted molar refractivity (Wildman–Crippen MR) is 72.5 cm³/mol. The normalized spacial score (nSPS) is 10.8. The van der Waals surface area contributed by atoms with Gasteiger partial charge in [0.1, 0.15) is 5.01 Å². The van der Waals surface area contributed by atoms with Gasteiger partial charge in [-0.05, 0) is 12.1 Å². The van der Waals surface area contributed by atoms with Crippen molar-refractivity contribution in [3.8, 4) is 15.6 Å². The van der Waals surface area contributed by atoms with Gasteiger partial charge in [-0.2, -0.15) is 5.10 Å². The molecule has 0 spiro atoms. The zero-order valence-electron chi connectivity index (χ0n) is 8.92. The highest BCUT2D eigenvalue weighted by Crippen LogP contribution is 2.33. The third-order valence-corrected chi connectivity index (χ3v) is 3.90. The molecule has 0 N–H and O–H groups in total. The van der Waals surface area contributed by atoms with Crippen LogP contribution < -0.4 is 0 Å². The number of nitrogens with zero attached hydrogens (tertiary/aromatic N) is 4. The number of hydrogen-bond acceptors (Lipinski definition) is 4. The van der Waals surface area contributed by atoms with Gasteiger partial charge in [0, 0.05) is 18.0 Å². The molecule has 7 heteroatoms. The van der Waals surface area contributed by atoms with Gasteiger partial charge in [0.25, 0.3) is 0 Å². The summed E-state index contributed by atoms with van der Waals surface area (Å²) in [4.78, 5) is 8.36. The molecule has 0 aliphatic carbocycles. The summed E-state index contributed by atoms with van der Waals surface area (Å²) in [6, 6.07) is 3.79. The molecule has 0 radical (unpaired) electrons. The van der Waals surface area contributed by atoms with E-state index in [9.17, 15) is 0 Å². The summed E-state index contributed by atoms with van der Waals surface area (Å²) in [6.07, 6.45) is 6.71. The molecule has 3 rings (SSSR count). The van der Waals surface area contributed by atoms with Crippen LogP contribution in [0.1, 0.15) is 0 Å². The Bertz CT molecular complexity index is 677. The topological polar surface area (TPSA) is 43.6 Å². The molecule has 0 atom stereocenters. The lowest BCUT2D eigenvalue weighted by Crippen LogP contribution is -1.90. The SMILES string of the molecule is Clc1cnn(-c2sc(-c3cccnc3)nc2Cl)c1. The van der Waals surface area contributed by atoms with E-state index in [-0.39, 0.29) is 0 Å². The first-order chi connectivity index (χ1) is 8.74. The molecule has 3 aromatic heterocycles. The van der Waals surface area contributed by atoms with Gasteiger partial charge >= 0.3 is 0 Å². The lowest BCUT2D eigenvalue weighted by atomic mass is 10.3. The van der Waals surface area contributed by atoms with Crippen LogP contribution in [0.15, 0.2) is 36.9 Å². The number of rotatable bonds is 2. The number of aromatic nitrogens is 4. The van der Waals surface area contributed by atoms with Gasteiger partial charge in [0.2, 0.25) is 0 Å². The van der Waals surface area contributed by atoms with Crippen molar-refractivity contribution >= 4 is 34.5 Å². The molecule has 0 bridgehead atoms. The highest BCUT2D eigenvalue weighted by molar-refractivity contribution is 7.18. The summed E-state index contributed by atoms with van der Waals surface area (Å²) in [6.45, 7) is 0. The van der Waals surface area contributed by atoms with Crippen LogP contribution in [0.3, 0.4) is 0 Å². The van der Waals surface area contributed by atoms with Crippen molar-refractivity contribution in [2.24, 2.45) is 0 Å². The standard InChI is InChI=1S/C11H6Cl2N4S/c12-8-5-15-17(6-8)11-9(13)16-10(18-11)7-2-1-3-14-4-7/h1-6H. The van der Waals surface area contributed by atoms with Crippen LogP contribution >= 0.6 is 34.5 Å². The van der Waals surface area contributed by atoms with Crippen LogP contribution in [0.2, 0.25) is 10.2 Å². The first-order valence-electron chi connectivity index (χ1n) is 5.01. The third kappa shape index (κ3) is 2.12. The molecule has 0 aliphatic heterocycles. The van der Waals surface area contributed by atoms with Gasteiger partial charge in [-0.25, -0.2) is 9.67 Å². The zero-order valence-corrected chi connectivity index (χ0v) is 11.2. The van der Waals surface area contributed by atoms with Crippen LogP contribution in [0.25, 0.3) is 15.6 Å². The second-order valence-electron chi connectivity index (χ2n) is 3.46. The Morgan fingerprint density at radius 2 is 2.11 bits per heavy atom. The van der Waals surface area contributed by atoms with Crippen molar-refractivity contribution < 1.29 is 0 Å². The summed E-state index contributed by atoms with van der Waals surface area (Å²) in [7, 11) is 0. The Balaban J connectivity index is 2.06. The zero-order chi connectivity index (χ0) is 12.5. The molecular formula is C11H6Cl2N4S. The first kappa shape index (κ1) is 11.6. The quantitative estimate of drug-likeness (QED) is 0.724. The van der Waals surface area contributed by atoms with Crippen LogP contribution in [0.4, 0.5) is 0 Å². The van der Waals surface area contributed by atoms with E-state index >= 15 is 0 Å². The molecule has 90 valence electrons. The first-order valence-corrected chi connectivity index (χ1v) is 6.58. The summed E-state index contributed by atoms with van der Waals surface area (Å²) in [5.41, 5.74) is 0.925. The van der Waals surface area contributed by atoms with Gasteiger partial charge in [0.05, 0.1) is 17.4 Å². The number of hydrogen-bond donors (Lipinski definition) is 0. The molecular weight excluding hydrogens is 291 g/mol. The minimum atomic E-state index is 0.401. The average molecular weight is 297 g/mol. The molecule has 0 saturated carbocycles. The monoisotopic (exact) mass is 296 g/mol. The second-order valence-corrected chi connectivity index (χ2v) is 5.23. The van der Waals surface area contributed by atoms with Crippen LogP contribution in [-0.4, -0.2) is 19.7 Å². The van der Waals surface area contributed by atoms with E-state index in [1.54, 1.807) is 29.5 Å². The maximum atomic E-state index is 6.11. The van der Waals surface area contributed by atoms with E-state index < -0.39 is 0 Å². The van der Waals surface area contributed by atoms with Crippen LogP contribution in [0.5, 0.6) is 0 Å². The van der Waals surface area contributed by atoms with Gasteiger partial charge in [-0.15, -0.1) is 0 Å². The molecule has 4 nitrogen and oxygen atoms in total.